The van der Waals surface area contributed by atoms with E-state index in [1.807, 2.05) is 18.2 Å². The van der Waals surface area contributed by atoms with Crippen molar-refractivity contribution >= 4 is 11.6 Å². The van der Waals surface area contributed by atoms with Gasteiger partial charge < -0.3 is 20.5 Å². The molecule has 0 aliphatic carbocycles. The molecule has 0 spiro atoms. The Morgan fingerprint density at radius 3 is 3.06 bits per heavy atom. The number of hydrogen-bond acceptors (Lipinski definition) is 4. The molecule has 1 atom stereocenters. The molecular formula is C13H17ClN2O2. The summed E-state index contributed by atoms with van der Waals surface area (Å²) in [5.41, 5.74) is 6.79. The molecule has 1 aliphatic heterocycles. The number of fused-ring (bicyclic) bond motifs is 1. The maximum absolute atomic E-state index is 6.15. The van der Waals surface area contributed by atoms with Crippen LogP contribution in [0.15, 0.2) is 24.8 Å². The van der Waals surface area contributed by atoms with Gasteiger partial charge in [0.1, 0.15) is 0 Å². The van der Waals surface area contributed by atoms with Crippen LogP contribution in [-0.2, 0) is 0 Å². The molecule has 2 rings (SSSR count). The van der Waals surface area contributed by atoms with Crippen molar-refractivity contribution in [3.05, 3.63) is 35.4 Å². The predicted octanol–water partition coefficient (Wildman–Crippen LogP) is 2.23. The van der Waals surface area contributed by atoms with Gasteiger partial charge in [0.25, 0.3) is 0 Å². The van der Waals surface area contributed by atoms with E-state index in [2.05, 4.69) is 11.9 Å². The van der Waals surface area contributed by atoms with Gasteiger partial charge in [0.05, 0.1) is 5.02 Å². The lowest BCUT2D eigenvalue weighted by Crippen LogP contribution is -2.28. The molecule has 0 saturated heterocycles. The minimum absolute atomic E-state index is 0.0527. The number of ether oxygens (including phenoxy) is 2. The van der Waals surface area contributed by atoms with Crippen LogP contribution in [0.2, 0.25) is 5.02 Å². The van der Waals surface area contributed by atoms with Crippen molar-refractivity contribution in [3.8, 4) is 11.5 Å². The minimum Gasteiger partial charge on any atom is -0.454 e. The molecular weight excluding hydrogens is 252 g/mol. The normalized spacial score (nSPS) is 14.6. The number of benzene rings is 1. The van der Waals surface area contributed by atoms with Crippen LogP contribution < -0.4 is 20.5 Å². The molecule has 0 aromatic heterocycles. The van der Waals surface area contributed by atoms with E-state index < -0.39 is 0 Å². The molecule has 3 N–H and O–H groups in total. The van der Waals surface area contributed by atoms with Gasteiger partial charge in [-0.15, -0.1) is 6.58 Å². The summed E-state index contributed by atoms with van der Waals surface area (Å²) in [6.07, 6.45) is 2.77. The number of nitrogens with two attached hydrogens (primary N) is 1. The Kier molecular flexibility index (Phi) is 4.47. The van der Waals surface area contributed by atoms with Crippen LogP contribution in [-0.4, -0.2) is 19.9 Å². The van der Waals surface area contributed by atoms with E-state index in [4.69, 9.17) is 26.8 Å². The molecule has 18 heavy (non-hydrogen) atoms. The molecule has 0 bridgehead atoms. The van der Waals surface area contributed by atoms with Crippen LogP contribution >= 0.6 is 11.6 Å². The van der Waals surface area contributed by atoms with E-state index in [0.29, 0.717) is 23.1 Å². The van der Waals surface area contributed by atoms with Gasteiger partial charge >= 0.3 is 0 Å². The molecule has 0 amide bonds. The summed E-state index contributed by atoms with van der Waals surface area (Å²) in [5.74, 6) is 1.30. The highest BCUT2D eigenvalue weighted by atomic mass is 35.5. The lowest BCUT2D eigenvalue weighted by molar-refractivity contribution is 0.174. The zero-order chi connectivity index (χ0) is 13.0. The number of hydrogen-bond donors (Lipinski definition) is 2. The van der Waals surface area contributed by atoms with Crippen molar-refractivity contribution in [1.82, 2.24) is 5.32 Å². The van der Waals surface area contributed by atoms with Crippen LogP contribution in [0.5, 0.6) is 11.5 Å². The molecule has 5 heteroatoms. The van der Waals surface area contributed by atoms with Crippen molar-refractivity contribution in [3.63, 3.8) is 0 Å². The Morgan fingerprint density at radius 2 is 2.33 bits per heavy atom. The lowest BCUT2D eigenvalue weighted by atomic mass is 10.1. The van der Waals surface area contributed by atoms with Gasteiger partial charge in [-0.25, -0.2) is 0 Å². The molecule has 1 aromatic carbocycles. The third-order valence-corrected chi connectivity index (χ3v) is 3.11. The smallest absolute Gasteiger partial charge is 0.231 e. The minimum atomic E-state index is 0.0527. The molecule has 1 aliphatic rings. The standard InChI is InChI=1S/C13H17ClN2O2/c1-2-3-4-16-11(7-15)9-5-10(14)13-12(6-9)17-8-18-13/h2,5-6,11,16H,1,3-4,7-8,15H2. The Labute approximate surface area is 112 Å². The molecule has 0 radical (unpaired) electrons. The Hall–Kier alpha value is -1.23. The highest BCUT2D eigenvalue weighted by Crippen LogP contribution is 2.40. The van der Waals surface area contributed by atoms with Crippen molar-refractivity contribution < 1.29 is 9.47 Å². The Bertz CT molecular complexity index is 437. The summed E-state index contributed by atoms with van der Waals surface area (Å²) < 4.78 is 10.6. The van der Waals surface area contributed by atoms with E-state index >= 15 is 0 Å². The van der Waals surface area contributed by atoms with Crippen LogP contribution in [0.25, 0.3) is 0 Å². The summed E-state index contributed by atoms with van der Waals surface area (Å²) in [4.78, 5) is 0. The first-order valence-electron chi connectivity index (χ1n) is 5.89. The van der Waals surface area contributed by atoms with E-state index in [-0.39, 0.29) is 12.8 Å². The van der Waals surface area contributed by atoms with Crippen molar-refractivity contribution in [1.29, 1.82) is 0 Å². The maximum Gasteiger partial charge on any atom is 0.231 e. The Balaban J connectivity index is 2.15. The molecule has 4 nitrogen and oxygen atoms in total. The third kappa shape index (κ3) is 2.77. The second-order valence-corrected chi connectivity index (χ2v) is 4.46. The molecule has 1 unspecified atom stereocenters. The van der Waals surface area contributed by atoms with E-state index in [0.717, 1.165) is 18.5 Å². The fraction of sp³-hybridized carbons (Fsp3) is 0.385. The second-order valence-electron chi connectivity index (χ2n) is 4.06. The maximum atomic E-state index is 6.15. The Morgan fingerprint density at radius 1 is 1.50 bits per heavy atom. The monoisotopic (exact) mass is 268 g/mol. The molecule has 1 heterocycles. The summed E-state index contributed by atoms with van der Waals surface area (Å²) in [6, 6.07) is 3.84. The largest absolute Gasteiger partial charge is 0.454 e. The molecule has 0 fully saturated rings. The van der Waals surface area contributed by atoms with Crippen LogP contribution in [0, 0.1) is 0 Å². The van der Waals surface area contributed by atoms with Gasteiger partial charge in [-0.05, 0) is 30.7 Å². The van der Waals surface area contributed by atoms with E-state index in [9.17, 15) is 0 Å². The summed E-state index contributed by atoms with van der Waals surface area (Å²) in [6.45, 7) is 5.23. The first kappa shape index (κ1) is 13.2. The van der Waals surface area contributed by atoms with Crippen molar-refractivity contribution in [2.75, 3.05) is 19.9 Å². The van der Waals surface area contributed by atoms with Crippen molar-refractivity contribution in [2.24, 2.45) is 5.73 Å². The van der Waals surface area contributed by atoms with Gasteiger partial charge in [0.2, 0.25) is 6.79 Å². The van der Waals surface area contributed by atoms with Crippen LogP contribution in [0.3, 0.4) is 0 Å². The number of nitrogens with one attached hydrogen (secondary N) is 1. The second kappa shape index (κ2) is 6.09. The van der Waals surface area contributed by atoms with E-state index in [1.165, 1.54) is 0 Å². The fourth-order valence-corrected chi connectivity index (χ4v) is 2.16. The van der Waals surface area contributed by atoms with Gasteiger partial charge in [-0.3, -0.25) is 0 Å². The zero-order valence-electron chi connectivity index (χ0n) is 10.1. The fourth-order valence-electron chi connectivity index (χ4n) is 1.89. The summed E-state index contributed by atoms with van der Waals surface area (Å²) in [5, 5.41) is 3.91. The quantitative estimate of drug-likeness (QED) is 0.614. The van der Waals surface area contributed by atoms with E-state index in [1.54, 1.807) is 0 Å². The summed E-state index contributed by atoms with van der Waals surface area (Å²) >= 11 is 6.15. The first-order chi connectivity index (χ1) is 8.76. The highest BCUT2D eigenvalue weighted by molar-refractivity contribution is 6.32. The van der Waals surface area contributed by atoms with Gasteiger partial charge in [-0.1, -0.05) is 17.7 Å². The van der Waals surface area contributed by atoms with Crippen LogP contribution in [0.4, 0.5) is 0 Å². The summed E-state index contributed by atoms with van der Waals surface area (Å²) in [7, 11) is 0. The highest BCUT2D eigenvalue weighted by Gasteiger charge is 2.20. The van der Waals surface area contributed by atoms with Gasteiger partial charge in [0.15, 0.2) is 11.5 Å². The molecule has 0 saturated carbocycles. The van der Waals surface area contributed by atoms with Crippen molar-refractivity contribution in [2.45, 2.75) is 12.5 Å². The SMILES string of the molecule is C=CCCNC(CN)c1cc(Cl)c2c(c1)OCO2. The van der Waals surface area contributed by atoms with Gasteiger partial charge in [0, 0.05) is 12.6 Å². The average Bonchev–Trinajstić information content (AvgIpc) is 2.83. The first-order valence-corrected chi connectivity index (χ1v) is 6.27. The number of rotatable bonds is 6. The number of halogens is 1. The molecule has 1 aromatic rings. The lowest BCUT2D eigenvalue weighted by Gasteiger charge is -2.17. The predicted molar refractivity (Wildman–Crippen MR) is 72.2 cm³/mol. The van der Waals surface area contributed by atoms with Crippen LogP contribution in [0.1, 0.15) is 18.0 Å². The zero-order valence-corrected chi connectivity index (χ0v) is 10.9. The topological polar surface area (TPSA) is 56.5 Å². The average molecular weight is 269 g/mol. The molecule has 98 valence electrons. The third-order valence-electron chi connectivity index (χ3n) is 2.83. The van der Waals surface area contributed by atoms with Gasteiger partial charge in [-0.2, -0.15) is 0 Å².